The maximum atomic E-state index is 11.0. The topological polar surface area (TPSA) is 543 Å². The molecule has 0 amide bonds. The van der Waals surface area contributed by atoms with E-state index in [0.717, 1.165) is 251 Å². The monoisotopic (exact) mass is 2100 g/mol. The van der Waals surface area contributed by atoms with Crippen molar-refractivity contribution in [2.75, 3.05) is 106 Å². The maximum Gasteiger partial charge on any atom is 0.177 e. The van der Waals surface area contributed by atoms with Crippen molar-refractivity contribution in [3.05, 3.63) is 142 Å². The van der Waals surface area contributed by atoms with Crippen LogP contribution in [-0.2, 0) is 116 Å². The third kappa shape index (κ3) is 99.9. The molecule has 0 saturated carbocycles. The fourth-order valence-electron chi connectivity index (χ4n) is 10.6. The first-order valence-electron chi connectivity index (χ1n) is 51.0. The van der Waals surface area contributed by atoms with E-state index in [4.69, 9.17) is 79.5 Å². The van der Waals surface area contributed by atoms with Crippen LogP contribution in [0.2, 0.25) is 0 Å². The van der Waals surface area contributed by atoms with Gasteiger partial charge in [-0.25, -0.2) is 11.8 Å². The molecule has 0 aliphatic rings. The molecule has 0 spiro atoms. The second-order valence-electron chi connectivity index (χ2n) is 33.3. The van der Waals surface area contributed by atoms with Crippen LogP contribution in [0.4, 0.5) is 0 Å². The molecule has 42 nitrogen and oxygen atoms in total. The third-order valence-corrected chi connectivity index (χ3v) is 19.6. The first-order valence-corrected chi connectivity index (χ1v) is 51.0. The molecule has 0 atom stereocenters. The first kappa shape index (κ1) is 138. The average Bonchev–Trinajstić information content (AvgIpc) is 0.916. The Kier molecular flexibility index (Phi) is 96.6. The lowest BCUT2D eigenvalue weighted by Gasteiger charge is -2.02. The van der Waals surface area contributed by atoms with Gasteiger partial charge in [-0.1, -0.05) is 182 Å². The van der Waals surface area contributed by atoms with E-state index in [9.17, 15) is 47.9 Å². The number of ketones is 8. The van der Waals surface area contributed by atoms with Gasteiger partial charge in [0, 0.05) is 66.5 Å². The molecule has 832 valence electrons. The van der Waals surface area contributed by atoms with Crippen molar-refractivity contribution in [3.63, 3.8) is 0 Å². The second-order valence-corrected chi connectivity index (χ2v) is 33.3. The number of hydrogen-bond acceptors (Lipinski definition) is 42. The number of oxime groups is 14. The van der Waals surface area contributed by atoms with Crippen LogP contribution in [0, 0.1) is 0 Å². The number of benzene rings is 4. The molecule has 42 heteroatoms. The van der Waals surface area contributed by atoms with Crippen molar-refractivity contribution in [1.29, 1.82) is 0 Å². The van der Waals surface area contributed by atoms with Gasteiger partial charge in [-0.2, -0.15) is 0 Å². The highest BCUT2D eigenvalue weighted by Gasteiger charge is 2.07. The van der Waals surface area contributed by atoms with Crippen molar-refractivity contribution >= 4 is 144 Å². The second kappa shape index (κ2) is 105. The summed E-state index contributed by atoms with van der Waals surface area (Å²) in [6.45, 7) is 26.9. The molecule has 0 saturated heterocycles. The van der Waals surface area contributed by atoms with Gasteiger partial charge in [0.25, 0.3) is 0 Å². The van der Waals surface area contributed by atoms with Crippen molar-refractivity contribution < 1.29 is 125 Å². The fraction of sp³-hybridized carbons (Fsp3) is 0.556. The van der Waals surface area contributed by atoms with E-state index in [0.29, 0.717) is 140 Å². The summed E-state index contributed by atoms with van der Waals surface area (Å²) >= 11 is 0. The molecule has 0 radical (unpaired) electrons. The summed E-state index contributed by atoms with van der Waals surface area (Å²) in [6, 6.07) is 29.7. The van der Waals surface area contributed by atoms with Gasteiger partial charge in [0.05, 0.1) is 50.5 Å². The zero-order valence-electron chi connectivity index (χ0n) is 90.1. The number of nitrogens with zero attached hydrogens (tertiary/aromatic N) is 14. The molecule has 0 fully saturated rings. The van der Waals surface area contributed by atoms with Crippen molar-refractivity contribution in [2.45, 2.75) is 289 Å². The Hall–Kier alpha value is -14.0. The zero-order chi connectivity index (χ0) is 111. The maximum absolute atomic E-state index is 11.0. The Morgan fingerprint density at radius 1 is 0.187 bits per heavy atom. The van der Waals surface area contributed by atoms with Crippen LogP contribution < -0.4 is 11.8 Å². The van der Waals surface area contributed by atoms with Gasteiger partial charge in [0.1, 0.15) is 153 Å². The summed E-state index contributed by atoms with van der Waals surface area (Å²) in [5.74, 6) is 8.97. The number of carbonyl (C=O) groups excluding carboxylic acids is 10. The fourth-order valence-corrected chi connectivity index (χ4v) is 10.6. The number of aldehydes is 2. The van der Waals surface area contributed by atoms with Gasteiger partial charge in [-0.15, -0.1) is 0 Å². The van der Waals surface area contributed by atoms with E-state index in [-0.39, 0.29) is 46.3 Å². The van der Waals surface area contributed by atoms with Gasteiger partial charge in [0.2, 0.25) is 0 Å². The summed E-state index contributed by atoms with van der Waals surface area (Å²) in [5.41, 5.74) is 8.38. The van der Waals surface area contributed by atoms with E-state index < -0.39 is 0 Å². The number of unbranched alkanes of at least 4 members (excludes halogenated alkanes) is 24. The van der Waals surface area contributed by atoms with Gasteiger partial charge in [0.15, 0.2) is 46.3 Å². The smallest absolute Gasteiger partial charge is 0.177 e. The molecular formula is C108H164N16O26. The Balaban J connectivity index is 0. The molecule has 4 aromatic carbocycles. The van der Waals surface area contributed by atoms with Crippen LogP contribution in [-0.4, -0.2) is 250 Å². The molecule has 0 unspecified atom stereocenters. The largest absolute Gasteiger partial charge is 0.396 e. The standard InChI is InChI=1S/2C27H40N4O6.C18H24N2O4.C17H22N2O4.C10H20N2O3.C9H18N2O3/c2*1-23(32)20-28-34-16-8-4-5-9-17-35-29-21-26-12-14-27(15-13-26)22-30-36-18-10-6-7-11-19-37-31-24(2)25(3)33;1-15(16(2)22)20-24-12-6-4-3-5-11-23-19-13-17-7-9-18(14-21)10-8-17;1-15(21)12-18-22-10-4-2-3-5-11-23-19-13-16-6-8-17(14-20)9-7-16;1-9(10(2)13)12-15-8-6-4-3-5-7-14-11;1-9(12)8-11-14-7-5-3-2-4-6-13-10/h2*12-15,20-22H,4-11,16-19H2,1-3H3;7-10,13-14H,3-6,11-12H2,1-2H3;6-9,12-14H,2-5,10-11H2,1H3;3-8,11H2,1-2H3;8H,2-7,10H2,1H3/b2*28-20+,29-21+,30-22+,31-24+;19-13+,20-15+;18-12+,19-13+;12-9+;11-8+. The highest BCUT2D eigenvalue weighted by molar-refractivity contribution is 6.39. The summed E-state index contributed by atoms with van der Waals surface area (Å²) in [6.07, 6.45) is 47.2. The quantitative estimate of drug-likeness (QED) is 0.0179. The normalized spacial score (nSPS) is 11.6. The van der Waals surface area contributed by atoms with Crippen LogP contribution in [0.3, 0.4) is 0 Å². The molecular weight excluding hydrogens is 1940 g/mol. The lowest BCUT2D eigenvalue weighted by atomic mass is 10.2. The third-order valence-electron chi connectivity index (χ3n) is 19.6. The van der Waals surface area contributed by atoms with Crippen LogP contribution in [0.5, 0.6) is 0 Å². The predicted molar refractivity (Wildman–Crippen MR) is 585 cm³/mol. The summed E-state index contributed by atoms with van der Waals surface area (Å²) in [7, 11) is 0. The van der Waals surface area contributed by atoms with Crippen molar-refractivity contribution in [2.24, 2.45) is 84.0 Å². The van der Waals surface area contributed by atoms with Crippen LogP contribution in [0.15, 0.2) is 169 Å². The Morgan fingerprint density at radius 2 is 0.313 bits per heavy atom. The number of nitrogens with two attached hydrogens (primary N) is 2. The molecule has 150 heavy (non-hydrogen) atoms. The summed E-state index contributed by atoms with van der Waals surface area (Å²) < 4.78 is 0. The van der Waals surface area contributed by atoms with Crippen molar-refractivity contribution in [3.8, 4) is 0 Å². The lowest BCUT2D eigenvalue weighted by Crippen LogP contribution is -2.05. The molecule has 0 aromatic heterocycles. The zero-order valence-corrected chi connectivity index (χ0v) is 90.1. The van der Waals surface area contributed by atoms with Crippen LogP contribution in [0.1, 0.15) is 343 Å². The highest BCUT2D eigenvalue weighted by atomic mass is 16.7. The minimum absolute atomic E-state index is 0.0601. The van der Waals surface area contributed by atoms with Crippen LogP contribution >= 0.6 is 0 Å². The molecule has 4 aromatic rings. The minimum Gasteiger partial charge on any atom is -0.396 e. The van der Waals surface area contributed by atoms with Gasteiger partial charge >= 0.3 is 0 Å². The number of rotatable bonds is 86. The van der Waals surface area contributed by atoms with E-state index in [2.05, 4.69) is 81.9 Å². The molecule has 0 heterocycles. The molecule has 4 rings (SSSR count). The lowest BCUT2D eigenvalue weighted by molar-refractivity contribution is -0.112. The van der Waals surface area contributed by atoms with E-state index >= 15 is 0 Å². The SMILES string of the molecule is CC(=O)/C(C)=N/OCCCCCCO/N=C/c1ccc(C=O)cc1.CC(=O)/C(C)=N/OCCCCCCON.CC(=O)/C=N/OCCCCCCO/N=C/c1ccc(/C=N/OCCCCCCO/N=C(\C)C(C)=O)cc1.CC(=O)/C=N/OCCCCCCO/N=C/c1ccc(/C=N/OCCCCCCO/N=C(\C)C(C)=O)cc1.CC(=O)/C=N/OCCCCCCO/N=C/c1ccc(C=O)cc1.CC(=O)/C=N/OCCCCCCON. The summed E-state index contributed by atoms with van der Waals surface area (Å²) in [5, 5.41) is 52.9. The molecule has 0 aliphatic heterocycles. The Bertz CT molecular complexity index is 4480. The first-order chi connectivity index (χ1) is 72.8. The number of carbonyl (C=O) groups is 10. The molecule has 0 bridgehead atoms. The number of hydrogen-bond donors (Lipinski definition) is 2. The molecule has 4 N–H and O–H groups in total. The van der Waals surface area contributed by atoms with E-state index in [1.165, 1.54) is 80.2 Å². The van der Waals surface area contributed by atoms with Gasteiger partial charge in [-0.05, 0) is 254 Å². The highest BCUT2D eigenvalue weighted by Crippen LogP contribution is 2.12. The number of Topliss-reactive ketones (excluding diaryl/α,β-unsaturated/α-hetero) is 8. The minimum atomic E-state index is -0.125. The predicted octanol–water partition coefficient (Wildman–Crippen LogP) is 19.0. The van der Waals surface area contributed by atoms with Crippen molar-refractivity contribution in [1.82, 2.24) is 0 Å². The van der Waals surface area contributed by atoms with Gasteiger partial charge in [-0.3, -0.25) is 47.9 Å². The molecule has 0 aliphatic carbocycles. The Labute approximate surface area is 884 Å². The van der Waals surface area contributed by atoms with E-state index in [1.54, 1.807) is 89.2 Å². The summed E-state index contributed by atoms with van der Waals surface area (Å²) in [4.78, 5) is 187. The van der Waals surface area contributed by atoms with Gasteiger partial charge < -0.3 is 77.4 Å². The van der Waals surface area contributed by atoms with E-state index in [1.807, 2.05) is 72.8 Å². The average molecular weight is 2100 g/mol. The Morgan fingerprint density at radius 3 is 0.440 bits per heavy atom. The van der Waals surface area contributed by atoms with Crippen LogP contribution in [0.25, 0.3) is 0 Å².